The highest BCUT2D eigenvalue weighted by atomic mass is 32.2. The molecule has 0 aliphatic heterocycles. The number of nitrogens with one attached hydrogen (secondary N) is 2. The third-order valence-corrected chi connectivity index (χ3v) is 5.23. The van der Waals surface area contributed by atoms with Crippen molar-refractivity contribution in [3.05, 3.63) is 84.3 Å². The van der Waals surface area contributed by atoms with E-state index in [4.69, 9.17) is 0 Å². The number of pyridine rings is 1. The second-order valence-corrected chi connectivity index (χ2v) is 7.92. The minimum atomic E-state index is -3.44. The highest BCUT2D eigenvalue weighted by molar-refractivity contribution is 7.92. The molecule has 0 unspecified atom stereocenters. The molecule has 0 atom stereocenters. The number of benzene rings is 2. The third kappa shape index (κ3) is 6.07. The van der Waals surface area contributed by atoms with Crippen molar-refractivity contribution in [3.63, 3.8) is 0 Å². The number of rotatable bonds is 8. The second-order valence-electron chi connectivity index (χ2n) is 6.08. The minimum absolute atomic E-state index is 0.0329. The molecule has 7 heteroatoms. The first-order valence-electron chi connectivity index (χ1n) is 8.53. The maximum Gasteiger partial charge on any atom is 0.232 e. The first-order chi connectivity index (χ1) is 13.0. The Hall–Kier alpha value is -2.93. The molecule has 1 aromatic heterocycles. The summed E-state index contributed by atoms with van der Waals surface area (Å²) in [5, 5.41) is 2.96. The lowest BCUT2D eigenvalue weighted by Crippen LogP contribution is -2.17. The van der Waals surface area contributed by atoms with Gasteiger partial charge in [0.15, 0.2) is 0 Å². The molecule has 27 heavy (non-hydrogen) atoms. The van der Waals surface area contributed by atoms with Gasteiger partial charge in [0.05, 0.1) is 17.6 Å². The van der Waals surface area contributed by atoms with Crippen molar-refractivity contribution in [1.82, 2.24) is 4.98 Å². The number of nitrogens with zero attached hydrogens (tertiary/aromatic N) is 1. The van der Waals surface area contributed by atoms with Gasteiger partial charge in [-0.3, -0.25) is 4.72 Å². The molecule has 0 spiro atoms. The van der Waals surface area contributed by atoms with Crippen LogP contribution in [-0.2, 0) is 16.4 Å². The standard InChI is InChI=1S/C20H20FN3O2S/c21-17-9-4-10-18(14-17)23-20-12-11-19(15-22-20)24-27(25,26)13-5-8-16-6-2-1-3-7-16/h1-4,6-7,9-12,14-15,24H,5,8,13H2,(H,22,23). The van der Waals surface area contributed by atoms with Crippen molar-refractivity contribution in [3.8, 4) is 0 Å². The Morgan fingerprint density at radius 3 is 2.44 bits per heavy atom. The summed E-state index contributed by atoms with van der Waals surface area (Å²) in [4.78, 5) is 4.16. The molecule has 0 amide bonds. The lowest BCUT2D eigenvalue weighted by molar-refractivity contribution is 0.598. The van der Waals surface area contributed by atoms with E-state index in [0.29, 0.717) is 30.0 Å². The molecule has 2 N–H and O–H groups in total. The van der Waals surface area contributed by atoms with E-state index in [0.717, 1.165) is 5.56 Å². The Labute approximate surface area is 158 Å². The summed E-state index contributed by atoms with van der Waals surface area (Å²) in [5.41, 5.74) is 2.07. The molecule has 0 saturated carbocycles. The summed E-state index contributed by atoms with van der Waals surface area (Å²) in [6, 6.07) is 19.0. The number of aryl methyl sites for hydroxylation is 1. The largest absolute Gasteiger partial charge is 0.340 e. The normalized spacial score (nSPS) is 11.1. The summed E-state index contributed by atoms with van der Waals surface area (Å²) >= 11 is 0. The Morgan fingerprint density at radius 2 is 1.74 bits per heavy atom. The van der Waals surface area contributed by atoms with Gasteiger partial charge in [0.25, 0.3) is 0 Å². The van der Waals surface area contributed by atoms with Gasteiger partial charge in [-0.25, -0.2) is 17.8 Å². The average Bonchev–Trinajstić information content (AvgIpc) is 2.64. The van der Waals surface area contributed by atoms with Crippen molar-refractivity contribution in [1.29, 1.82) is 0 Å². The molecule has 3 aromatic rings. The number of hydrogen-bond donors (Lipinski definition) is 2. The van der Waals surface area contributed by atoms with Crippen molar-refractivity contribution in [2.45, 2.75) is 12.8 Å². The van der Waals surface area contributed by atoms with Crippen LogP contribution in [-0.4, -0.2) is 19.2 Å². The van der Waals surface area contributed by atoms with Gasteiger partial charge in [0.2, 0.25) is 10.0 Å². The molecule has 0 fully saturated rings. The molecular formula is C20H20FN3O2S. The van der Waals surface area contributed by atoms with Crippen LogP contribution < -0.4 is 10.0 Å². The van der Waals surface area contributed by atoms with Crippen LogP contribution in [0, 0.1) is 5.82 Å². The zero-order valence-corrected chi connectivity index (χ0v) is 15.4. The van der Waals surface area contributed by atoms with Crippen LogP contribution in [0.15, 0.2) is 72.9 Å². The summed E-state index contributed by atoms with van der Waals surface area (Å²) < 4.78 is 40.1. The van der Waals surface area contributed by atoms with Gasteiger partial charge in [-0.2, -0.15) is 0 Å². The zero-order chi connectivity index (χ0) is 19.1. The predicted molar refractivity (Wildman–Crippen MR) is 106 cm³/mol. The summed E-state index contributed by atoms with van der Waals surface area (Å²) in [6.07, 6.45) is 2.67. The quantitative estimate of drug-likeness (QED) is 0.605. The minimum Gasteiger partial charge on any atom is -0.340 e. The number of halogens is 1. The van der Waals surface area contributed by atoms with E-state index in [2.05, 4.69) is 15.0 Å². The number of sulfonamides is 1. The van der Waals surface area contributed by atoms with Crippen molar-refractivity contribution in [2.75, 3.05) is 15.8 Å². The highest BCUT2D eigenvalue weighted by Crippen LogP contribution is 2.17. The van der Waals surface area contributed by atoms with E-state index in [-0.39, 0.29) is 11.6 Å². The predicted octanol–water partition coefficient (Wildman–Crippen LogP) is 4.34. The van der Waals surface area contributed by atoms with Crippen molar-refractivity contribution in [2.24, 2.45) is 0 Å². The van der Waals surface area contributed by atoms with Gasteiger partial charge in [-0.1, -0.05) is 36.4 Å². The van der Waals surface area contributed by atoms with E-state index >= 15 is 0 Å². The SMILES string of the molecule is O=S(=O)(CCCc1ccccc1)Nc1ccc(Nc2cccc(F)c2)nc1. The van der Waals surface area contributed by atoms with Crippen LogP contribution in [0.4, 0.5) is 21.6 Å². The smallest absolute Gasteiger partial charge is 0.232 e. The van der Waals surface area contributed by atoms with Crippen LogP contribution in [0.1, 0.15) is 12.0 Å². The van der Waals surface area contributed by atoms with Crippen LogP contribution in [0.2, 0.25) is 0 Å². The number of anilines is 3. The van der Waals surface area contributed by atoms with Crippen LogP contribution in [0.25, 0.3) is 0 Å². The van der Waals surface area contributed by atoms with Gasteiger partial charge < -0.3 is 5.32 Å². The molecule has 0 radical (unpaired) electrons. The molecule has 0 aliphatic carbocycles. The molecule has 140 valence electrons. The van der Waals surface area contributed by atoms with Crippen molar-refractivity contribution >= 4 is 27.2 Å². The lowest BCUT2D eigenvalue weighted by Gasteiger charge is -2.09. The lowest BCUT2D eigenvalue weighted by atomic mass is 10.1. The van der Waals surface area contributed by atoms with E-state index < -0.39 is 10.0 Å². The Balaban J connectivity index is 1.53. The molecule has 3 rings (SSSR count). The van der Waals surface area contributed by atoms with Gasteiger partial charge in [-0.05, 0) is 48.7 Å². The van der Waals surface area contributed by atoms with E-state index in [1.165, 1.54) is 18.3 Å². The Bertz CT molecular complexity index is 978. The van der Waals surface area contributed by atoms with Gasteiger partial charge in [0, 0.05) is 5.69 Å². The third-order valence-electron chi connectivity index (χ3n) is 3.86. The molecule has 0 bridgehead atoms. The van der Waals surface area contributed by atoms with Crippen LogP contribution >= 0.6 is 0 Å². The highest BCUT2D eigenvalue weighted by Gasteiger charge is 2.10. The van der Waals surface area contributed by atoms with E-state index in [1.807, 2.05) is 30.3 Å². The van der Waals surface area contributed by atoms with Gasteiger partial charge >= 0.3 is 0 Å². The Morgan fingerprint density at radius 1 is 0.926 bits per heavy atom. The van der Waals surface area contributed by atoms with Gasteiger partial charge in [0.1, 0.15) is 11.6 Å². The molecule has 1 heterocycles. The topological polar surface area (TPSA) is 71.1 Å². The molecular weight excluding hydrogens is 365 g/mol. The molecule has 0 aliphatic rings. The summed E-state index contributed by atoms with van der Waals surface area (Å²) in [6.45, 7) is 0. The fourth-order valence-corrected chi connectivity index (χ4v) is 3.69. The van der Waals surface area contributed by atoms with Crippen molar-refractivity contribution < 1.29 is 12.8 Å². The molecule has 5 nitrogen and oxygen atoms in total. The van der Waals surface area contributed by atoms with Crippen LogP contribution in [0.5, 0.6) is 0 Å². The average molecular weight is 385 g/mol. The number of aromatic nitrogens is 1. The number of hydrogen-bond acceptors (Lipinski definition) is 4. The second kappa shape index (κ2) is 8.64. The van der Waals surface area contributed by atoms with E-state index in [1.54, 1.807) is 24.3 Å². The zero-order valence-electron chi connectivity index (χ0n) is 14.6. The summed E-state index contributed by atoms with van der Waals surface area (Å²) in [5.74, 6) is 0.179. The first-order valence-corrected chi connectivity index (χ1v) is 10.2. The summed E-state index contributed by atoms with van der Waals surface area (Å²) in [7, 11) is -3.44. The van der Waals surface area contributed by atoms with Crippen LogP contribution in [0.3, 0.4) is 0 Å². The fraction of sp³-hybridized carbons (Fsp3) is 0.150. The first kappa shape index (κ1) is 18.8. The Kier molecular flexibility index (Phi) is 6.03. The van der Waals surface area contributed by atoms with E-state index in [9.17, 15) is 12.8 Å². The van der Waals surface area contributed by atoms with Gasteiger partial charge in [-0.15, -0.1) is 0 Å². The monoisotopic (exact) mass is 385 g/mol. The fourth-order valence-electron chi connectivity index (χ4n) is 2.58. The molecule has 0 saturated heterocycles. The maximum absolute atomic E-state index is 13.2. The molecule has 2 aromatic carbocycles. The maximum atomic E-state index is 13.2.